The van der Waals surface area contributed by atoms with Gasteiger partial charge in [-0.15, -0.1) is 0 Å². The van der Waals surface area contributed by atoms with E-state index < -0.39 is 0 Å². The summed E-state index contributed by atoms with van der Waals surface area (Å²) in [6, 6.07) is 14.9. The third kappa shape index (κ3) is 3.32. The minimum Gasteiger partial charge on any atom is -0.454 e. The fraction of sp³-hybridized carbons (Fsp3) is 0.136. The van der Waals surface area contributed by atoms with Gasteiger partial charge in [0.2, 0.25) is 6.79 Å². The van der Waals surface area contributed by atoms with Gasteiger partial charge in [-0.3, -0.25) is 4.79 Å². The van der Waals surface area contributed by atoms with Gasteiger partial charge in [0, 0.05) is 30.4 Å². The monoisotopic (exact) mass is 404 g/mol. The Morgan fingerprint density at radius 3 is 2.80 bits per heavy atom. The van der Waals surface area contributed by atoms with E-state index in [-0.39, 0.29) is 18.5 Å². The van der Waals surface area contributed by atoms with Crippen molar-refractivity contribution in [1.82, 2.24) is 19.9 Å². The summed E-state index contributed by atoms with van der Waals surface area (Å²) in [7, 11) is 0. The maximum atomic E-state index is 13.3. The molecule has 150 valence electrons. The lowest BCUT2D eigenvalue weighted by atomic mass is 10.2. The maximum Gasteiger partial charge on any atom is 0.251 e. The lowest BCUT2D eigenvalue weighted by Crippen LogP contribution is -2.27. The number of pyridine rings is 1. The van der Waals surface area contributed by atoms with Gasteiger partial charge in [-0.2, -0.15) is 0 Å². The first-order valence-corrected chi connectivity index (χ1v) is 9.44. The van der Waals surface area contributed by atoms with Gasteiger partial charge in [0.25, 0.3) is 5.91 Å². The number of rotatable bonds is 5. The number of aromatic nitrogens is 3. The predicted octanol–water partition coefficient (Wildman–Crippen LogP) is 3.40. The van der Waals surface area contributed by atoms with Crippen molar-refractivity contribution in [2.24, 2.45) is 0 Å². The Labute approximate surface area is 171 Å². The highest BCUT2D eigenvalue weighted by molar-refractivity contribution is 5.94. The number of nitrogens with zero attached hydrogens (tertiary/aromatic N) is 3. The molecule has 2 aromatic heterocycles. The van der Waals surface area contributed by atoms with E-state index >= 15 is 0 Å². The number of fused-ring (bicyclic) bond motifs is 2. The number of amides is 1. The van der Waals surface area contributed by atoms with Crippen molar-refractivity contribution in [2.75, 3.05) is 13.3 Å². The first-order valence-electron chi connectivity index (χ1n) is 9.44. The summed E-state index contributed by atoms with van der Waals surface area (Å²) < 4.78 is 25.9. The standard InChI is InChI=1S/C22H17FN4O3/c23-16-6-3-14(4-7-16)20-26-17-2-1-9-24-21(17)27(20)11-10-25-22(28)15-5-8-18-19(12-15)30-13-29-18/h1-9,12H,10-11,13H2,(H,25,28). The van der Waals surface area contributed by atoms with E-state index in [1.54, 1.807) is 36.5 Å². The summed E-state index contributed by atoms with van der Waals surface area (Å²) in [5.41, 5.74) is 2.70. The van der Waals surface area contributed by atoms with Crippen LogP contribution in [-0.2, 0) is 6.54 Å². The largest absolute Gasteiger partial charge is 0.454 e. The Kier molecular flexibility index (Phi) is 4.51. The van der Waals surface area contributed by atoms with Crippen LogP contribution in [0.3, 0.4) is 0 Å². The molecule has 30 heavy (non-hydrogen) atoms. The maximum absolute atomic E-state index is 13.3. The van der Waals surface area contributed by atoms with Gasteiger partial charge < -0.3 is 19.4 Å². The highest BCUT2D eigenvalue weighted by Crippen LogP contribution is 2.32. The second kappa shape index (κ2) is 7.47. The zero-order valence-corrected chi connectivity index (χ0v) is 15.8. The van der Waals surface area contributed by atoms with Crippen LogP contribution in [0.4, 0.5) is 4.39 Å². The van der Waals surface area contributed by atoms with Gasteiger partial charge in [-0.05, 0) is 54.6 Å². The van der Waals surface area contributed by atoms with E-state index in [0.29, 0.717) is 41.6 Å². The van der Waals surface area contributed by atoms with Gasteiger partial charge in [-0.25, -0.2) is 14.4 Å². The van der Waals surface area contributed by atoms with Crippen molar-refractivity contribution in [3.05, 3.63) is 72.2 Å². The van der Waals surface area contributed by atoms with E-state index in [0.717, 1.165) is 11.1 Å². The number of imidazole rings is 1. The molecule has 5 rings (SSSR count). The van der Waals surface area contributed by atoms with Crippen LogP contribution in [0.1, 0.15) is 10.4 Å². The highest BCUT2D eigenvalue weighted by Gasteiger charge is 2.17. The van der Waals surface area contributed by atoms with E-state index in [9.17, 15) is 9.18 Å². The molecule has 1 amide bonds. The molecule has 0 fully saturated rings. The molecule has 0 atom stereocenters. The molecule has 0 saturated carbocycles. The minimum atomic E-state index is -0.310. The number of carbonyl (C=O) groups is 1. The van der Waals surface area contributed by atoms with Crippen molar-refractivity contribution < 1.29 is 18.7 Å². The van der Waals surface area contributed by atoms with Crippen LogP contribution in [0.2, 0.25) is 0 Å². The summed E-state index contributed by atoms with van der Waals surface area (Å²) in [6.45, 7) is 0.979. The SMILES string of the molecule is O=C(NCCn1c(-c2ccc(F)cc2)nc2cccnc21)c1ccc2c(c1)OCO2. The topological polar surface area (TPSA) is 78.3 Å². The minimum absolute atomic E-state index is 0.160. The number of hydrogen-bond donors (Lipinski definition) is 1. The van der Waals surface area contributed by atoms with E-state index in [4.69, 9.17) is 9.47 Å². The molecule has 0 radical (unpaired) electrons. The van der Waals surface area contributed by atoms with Crippen molar-refractivity contribution in [2.45, 2.75) is 6.54 Å². The third-order valence-electron chi connectivity index (χ3n) is 4.86. The van der Waals surface area contributed by atoms with Crippen LogP contribution in [0.25, 0.3) is 22.6 Å². The van der Waals surface area contributed by atoms with Crippen LogP contribution < -0.4 is 14.8 Å². The average Bonchev–Trinajstić information content (AvgIpc) is 3.38. The quantitative estimate of drug-likeness (QED) is 0.552. The predicted molar refractivity (Wildman–Crippen MR) is 108 cm³/mol. The van der Waals surface area contributed by atoms with Gasteiger partial charge in [0.15, 0.2) is 17.1 Å². The molecule has 2 aromatic carbocycles. The normalized spacial score (nSPS) is 12.3. The first kappa shape index (κ1) is 18.1. The molecule has 1 aliphatic heterocycles. The zero-order valence-electron chi connectivity index (χ0n) is 15.8. The van der Waals surface area contributed by atoms with Gasteiger partial charge in [0.1, 0.15) is 17.2 Å². The highest BCUT2D eigenvalue weighted by atomic mass is 19.1. The molecule has 7 nitrogen and oxygen atoms in total. The molecule has 1 N–H and O–H groups in total. The van der Waals surface area contributed by atoms with Gasteiger partial charge in [0.05, 0.1) is 0 Å². The van der Waals surface area contributed by atoms with Crippen molar-refractivity contribution in [3.63, 3.8) is 0 Å². The number of ether oxygens (including phenoxy) is 2. The number of halogens is 1. The molecule has 3 heterocycles. The summed E-state index contributed by atoms with van der Waals surface area (Å²) in [5, 5.41) is 2.91. The van der Waals surface area contributed by atoms with Gasteiger partial charge >= 0.3 is 0 Å². The summed E-state index contributed by atoms with van der Waals surface area (Å²) in [4.78, 5) is 21.6. The summed E-state index contributed by atoms with van der Waals surface area (Å²) in [6.07, 6.45) is 1.69. The third-order valence-corrected chi connectivity index (χ3v) is 4.86. The van der Waals surface area contributed by atoms with E-state index in [2.05, 4.69) is 15.3 Å². The van der Waals surface area contributed by atoms with Gasteiger partial charge in [-0.1, -0.05) is 0 Å². The summed E-state index contributed by atoms with van der Waals surface area (Å²) in [5.74, 6) is 1.34. The number of hydrogen-bond acceptors (Lipinski definition) is 5. The van der Waals surface area contributed by atoms with E-state index in [1.165, 1.54) is 12.1 Å². The Hall–Kier alpha value is -3.94. The van der Waals surface area contributed by atoms with Crippen LogP contribution in [0.5, 0.6) is 11.5 Å². The Morgan fingerprint density at radius 2 is 1.93 bits per heavy atom. The molecule has 0 unspecified atom stereocenters. The molecule has 0 bridgehead atoms. The first-order chi connectivity index (χ1) is 14.7. The number of carbonyl (C=O) groups excluding carboxylic acids is 1. The molecule has 4 aromatic rings. The van der Waals surface area contributed by atoms with Crippen LogP contribution >= 0.6 is 0 Å². The molecule has 0 saturated heterocycles. The van der Waals surface area contributed by atoms with Crippen LogP contribution in [0, 0.1) is 5.82 Å². The average molecular weight is 404 g/mol. The van der Waals surface area contributed by atoms with Crippen molar-refractivity contribution in [3.8, 4) is 22.9 Å². The summed E-state index contributed by atoms with van der Waals surface area (Å²) >= 11 is 0. The lowest BCUT2D eigenvalue weighted by molar-refractivity contribution is 0.0952. The number of benzene rings is 2. The number of nitrogens with one attached hydrogen (secondary N) is 1. The Bertz CT molecular complexity index is 1240. The lowest BCUT2D eigenvalue weighted by Gasteiger charge is -2.10. The molecule has 0 aliphatic carbocycles. The molecular formula is C22H17FN4O3. The van der Waals surface area contributed by atoms with Crippen LogP contribution in [0.15, 0.2) is 60.8 Å². The van der Waals surface area contributed by atoms with Crippen molar-refractivity contribution in [1.29, 1.82) is 0 Å². The second-order valence-electron chi connectivity index (χ2n) is 6.76. The van der Waals surface area contributed by atoms with Crippen LogP contribution in [-0.4, -0.2) is 33.8 Å². The Balaban J connectivity index is 1.36. The van der Waals surface area contributed by atoms with E-state index in [1.807, 2.05) is 16.7 Å². The fourth-order valence-electron chi connectivity index (χ4n) is 3.41. The molecule has 8 heteroatoms. The fourth-order valence-corrected chi connectivity index (χ4v) is 3.41. The second-order valence-corrected chi connectivity index (χ2v) is 6.76. The molecule has 0 spiro atoms. The molecule has 1 aliphatic rings. The smallest absolute Gasteiger partial charge is 0.251 e. The zero-order chi connectivity index (χ0) is 20.5. The van der Waals surface area contributed by atoms with Crippen molar-refractivity contribution >= 4 is 17.1 Å². The molecular weight excluding hydrogens is 387 g/mol. The Morgan fingerprint density at radius 1 is 1.10 bits per heavy atom.